The van der Waals surface area contributed by atoms with Gasteiger partial charge in [-0.3, -0.25) is 0 Å². The van der Waals surface area contributed by atoms with Crippen LogP contribution in [-0.2, 0) is 16.0 Å². The van der Waals surface area contributed by atoms with Crippen LogP contribution in [0.5, 0.6) is 0 Å². The lowest BCUT2D eigenvalue weighted by Crippen LogP contribution is -2.47. The Morgan fingerprint density at radius 3 is 2.36 bits per heavy atom. The first-order chi connectivity index (χ1) is 13.2. The van der Waals surface area contributed by atoms with E-state index in [4.69, 9.17) is 4.74 Å². The topological polar surface area (TPSA) is 67.4 Å². The van der Waals surface area contributed by atoms with Crippen LogP contribution in [-0.4, -0.2) is 39.8 Å². The normalized spacial score (nSPS) is 11.8. The number of hydrogen-bond acceptors (Lipinski definition) is 3. The molecule has 0 heterocycles. The Morgan fingerprint density at radius 2 is 1.79 bits per heavy atom. The number of esters is 1. The third kappa shape index (κ3) is 10.2. The molecule has 28 heavy (non-hydrogen) atoms. The van der Waals surface area contributed by atoms with Crippen LogP contribution < -0.4 is 10.6 Å². The Morgan fingerprint density at radius 1 is 1.11 bits per heavy atom. The smallest absolute Gasteiger partial charge is 0.328 e. The van der Waals surface area contributed by atoms with Gasteiger partial charge in [-0.15, -0.1) is 5.54 Å². The molecule has 0 aliphatic carbocycles. The van der Waals surface area contributed by atoms with Crippen LogP contribution in [0.4, 0.5) is 4.79 Å². The molecule has 0 aliphatic rings. The van der Waals surface area contributed by atoms with Crippen molar-refractivity contribution in [2.45, 2.75) is 64.7 Å². The number of unbranched alkanes of at least 4 members (excludes halogenated alkanes) is 3. The molecular formula is C22H34N2O3Si. The van der Waals surface area contributed by atoms with E-state index in [1.54, 1.807) is 0 Å². The zero-order valence-corrected chi connectivity index (χ0v) is 18.9. The van der Waals surface area contributed by atoms with Gasteiger partial charge < -0.3 is 15.4 Å². The lowest BCUT2D eigenvalue weighted by Gasteiger charge is -2.17. The number of amides is 2. The first-order valence-electron chi connectivity index (χ1n) is 9.99. The number of methoxy groups -OCH3 is 1. The van der Waals surface area contributed by atoms with Gasteiger partial charge in [0, 0.05) is 18.5 Å². The van der Waals surface area contributed by atoms with E-state index in [9.17, 15) is 9.59 Å². The van der Waals surface area contributed by atoms with Crippen LogP contribution in [0, 0.1) is 11.5 Å². The molecule has 1 rings (SSSR count). The highest BCUT2D eigenvalue weighted by atomic mass is 28.3. The van der Waals surface area contributed by atoms with Crippen LogP contribution in [0.2, 0.25) is 19.6 Å². The summed E-state index contributed by atoms with van der Waals surface area (Å²) in [7, 11) is -0.0856. The minimum atomic E-state index is -1.41. The van der Waals surface area contributed by atoms with Crippen molar-refractivity contribution in [3.63, 3.8) is 0 Å². The molecule has 0 saturated carbocycles. The highest BCUT2D eigenvalue weighted by molar-refractivity contribution is 6.83. The number of benzene rings is 1. The van der Waals surface area contributed by atoms with Crippen LogP contribution in [0.3, 0.4) is 0 Å². The molecule has 1 aromatic rings. The summed E-state index contributed by atoms with van der Waals surface area (Å²) in [6.07, 6.45) is 4.71. The van der Waals surface area contributed by atoms with Gasteiger partial charge >= 0.3 is 12.0 Å². The number of hydrogen-bond donors (Lipinski definition) is 2. The Hall–Kier alpha value is -2.26. The Bertz CT molecular complexity index is 684. The van der Waals surface area contributed by atoms with Gasteiger partial charge in [0.2, 0.25) is 0 Å². The fourth-order valence-corrected chi connectivity index (χ4v) is 3.04. The Labute approximate surface area is 170 Å². The lowest BCUT2D eigenvalue weighted by molar-refractivity contribution is -0.142. The number of carbonyl (C=O) groups excluding carboxylic acids is 2. The molecule has 0 fully saturated rings. The molecule has 0 aliphatic heterocycles. The maximum Gasteiger partial charge on any atom is 0.328 e. The molecule has 0 unspecified atom stereocenters. The second-order valence-electron chi connectivity index (χ2n) is 7.94. The molecule has 0 radical (unpaired) electrons. The van der Waals surface area contributed by atoms with Crippen molar-refractivity contribution in [2.24, 2.45) is 0 Å². The first-order valence-corrected chi connectivity index (χ1v) is 13.5. The minimum Gasteiger partial charge on any atom is -0.467 e. The predicted molar refractivity (Wildman–Crippen MR) is 117 cm³/mol. The molecule has 154 valence electrons. The van der Waals surface area contributed by atoms with Gasteiger partial charge in [0.25, 0.3) is 0 Å². The molecule has 1 aromatic carbocycles. The van der Waals surface area contributed by atoms with Gasteiger partial charge in [-0.2, -0.15) is 0 Å². The van der Waals surface area contributed by atoms with Crippen molar-refractivity contribution < 1.29 is 14.3 Å². The molecule has 6 heteroatoms. The summed E-state index contributed by atoms with van der Waals surface area (Å²) in [5.74, 6) is 2.75. The molecule has 2 amide bonds. The molecule has 5 nitrogen and oxygen atoms in total. The molecular weight excluding hydrogens is 368 g/mol. The zero-order valence-electron chi connectivity index (χ0n) is 17.9. The number of rotatable bonds is 9. The van der Waals surface area contributed by atoms with E-state index in [0.717, 1.165) is 36.8 Å². The lowest BCUT2D eigenvalue weighted by atomic mass is 10.0. The maximum absolute atomic E-state index is 12.1. The van der Waals surface area contributed by atoms with Crippen molar-refractivity contribution in [3.05, 3.63) is 35.4 Å². The van der Waals surface area contributed by atoms with E-state index in [1.807, 2.05) is 24.3 Å². The van der Waals surface area contributed by atoms with Gasteiger partial charge in [0.1, 0.15) is 14.1 Å². The SMILES string of the molecule is CCCCCCNC(=O)N[C@@H](Cc1ccc(C#C[Si](C)(C)C)cc1)C(=O)OC. The Kier molecular flexibility index (Phi) is 10.4. The average molecular weight is 403 g/mol. The van der Waals surface area contributed by atoms with E-state index >= 15 is 0 Å². The number of ether oxygens (including phenoxy) is 1. The second kappa shape index (κ2) is 12.2. The van der Waals surface area contributed by atoms with Crippen LogP contribution in [0.1, 0.15) is 43.7 Å². The van der Waals surface area contributed by atoms with E-state index in [0.29, 0.717) is 13.0 Å². The van der Waals surface area contributed by atoms with Crippen molar-refractivity contribution in [3.8, 4) is 11.5 Å². The van der Waals surface area contributed by atoms with Gasteiger partial charge in [-0.05, 0) is 24.1 Å². The third-order valence-corrected chi connectivity index (χ3v) is 4.96. The third-order valence-electron chi connectivity index (χ3n) is 4.08. The van der Waals surface area contributed by atoms with Gasteiger partial charge in [-0.25, -0.2) is 9.59 Å². The summed E-state index contributed by atoms with van der Waals surface area (Å²) < 4.78 is 4.84. The van der Waals surface area contributed by atoms with Crippen molar-refractivity contribution in [2.75, 3.05) is 13.7 Å². The fraction of sp³-hybridized carbons (Fsp3) is 0.545. The monoisotopic (exact) mass is 402 g/mol. The Balaban J connectivity index is 2.64. The summed E-state index contributed by atoms with van der Waals surface area (Å²) in [6, 6.07) is 6.71. The highest BCUT2D eigenvalue weighted by Gasteiger charge is 2.21. The summed E-state index contributed by atoms with van der Waals surface area (Å²) >= 11 is 0. The van der Waals surface area contributed by atoms with Crippen molar-refractivity contribution >= 4 is 20.1 Å². The molecule has 1 atom stereocenters. The van der Waals surface area contributed by atoms with E-state index in [1.165, 1.54) is 7.11 Å². The number of nitrogens with one attached hydrogen (secondary N) is 2. The van der Waals surface area contributed by atoms with E-state index < -0.39 is 20.1 Å². The standard InChI is InChI=1S/C22H34N2O3Si/c1-6-7-8-9-15-23-22(26)24-20(21(25)27-2)17-19-12-10-18(11-13-19)14-16-28(3,4)5/h10-13,20H,6-9,15,17H2,1-5H3,(H2,23,24,26)/t20-/m0/s1. The largest absolute Gasteiger partial charge is 0.467 e. The fourth-order valence-electron chi connectivity index (χ4n) is 2.52. The van der Waals surface area contributed by atoms with Crippen LogP contribution in [0.15, 0.2) is 24.3 Å². The molecule has 0 aromatic heterocycles. The highest BCUT2D eigenvalue weighted by Crippen LogP contribution is 2.08. The summed E-state index contributed by atoms with van der Waals surface area (Å²) in [5.41, 5.74) is 5.23. The molecule has 2 N–H and O–H groups in total. The second-order valence-corrected chi connectivity index (χ2v) is 12.7. The summed E-state index contributed by atoms with van der Waals surface area (Å²) in [4.78, 5) is 24.1. The van der Waals surface area contributed by atoms with Crippen LogP contribution >= 0.6 is 0 Å². The van der Waals surface area contributed by atoms with Crippen molar-refractivity contribution in [1.82, 2.24) is 10.6 Å². The molecule has 0 saturated heterocycles. The predicted octanol–water partition coefficient (Wildman–Crippen LogP) is 3.88. The van der Waals surface area contributed by atoms with Gasteiger partial charge in [0.15, 0.2) is 0 Å². The van der Waals surface area contributed by atoms with Crippen molar-refractivity contribution in [1.29, 1.82) is 0 Å². The zero-order chi connectivity index (χ0) is 21.0. The quantitative estimate of drug-likeness (QED) is 0.285. The molecule has 0 bridgehead atoms. The number of urea groups is 1. The molecule has 0 spiro atoms. The summed E-state index contributed by atoms with van der Waals surface area (Å²) in [5, 5.41) is 5.52. The van der Waals surface area contributed by atoms with Gasteiger partial charge in [0.05, 0.1) is 7.11 Å². The van der Waals surface area contributed by atoms with Crippen LogP contribution in [0.25, 0.3) is 0 Å². The number of carbonyl (C=O) groups is 2. The minimum absolute atomic E-state index is 0.343. The van der Waals surface area contributed by atoms with E-state index in [-0.39, 0.29) is 6.03 Å². The average Bonchev–Trinajstić information content (AvgIpc) is 2.65. The summed E-state index contributed by atoms with van der Waals surface area (Å²) in [6.45, 7) is 9.36. The maximum atomic E-state index is 12.1. The first kappa shape index (κ1) is 23.8. The van der Waals surface area contributed by atoms with E-state index in [2.05, 4.69) is 48.7 Å². The van der Waals surface area contributed by atoms with Gasteiger partial charge in [-0.1, -0.05) is 63.9 Å².